The van der Waals surface area contributed by atoms with E-state index in [-0.39, 0.29) is 17.7 Å². The summed E-state index contributed by atoms with van der Waals surface area (Å²) in [6, 6.07) is 2.90. The van der Waals surface area contributed by atoms with E-state index in [0.29, 0.717) is 17.9 Å². The van der Waals surface area contributed by atoms with Crippen LogP contribution in [0.5, 0.6) is 11.5 Å². The minimum atomic E-state index is -0.390. The molecular formula is C10H11FO3. The molecule has 14 heavy (non-hydrogen) atoms. The van der Waals surface area contributed by atoms with Gasteiger partial charge in [0.15, 0.2) is 11.6 Å². The number of methoxy groups -OCH3 is 2. The van der Waals surface area contributed by atoms with Crippen molar-refractivity contribution in [3.63, 3.8) is 0 Å². The fraction of sp³-hybridized carbons (Fsp3) is 0.400. The minimum Gasteiger partial charge on any atom is -0.496 e. The zero-order chi connectivity index (χ0) is 10.1. The summed E-state index contributed by atoms with van der Waals surface area (Å²) >= 11 is 0. The van der Waals surface area contributed by atoms with Gasteiger partial charge >= 0.3 is 0 Å². The molecule has 1 heterocycles. The molecule has 1 saturated heterocycles. The van der Waals surface area contributed by atoms with Crippen molar-refractivity contribution in [1.29, 1.82) is 0 Å². The van der Waals surface area contributed by atoms with E-state index >= 15 is 0 Å². The average Bonchev–Trinajstić information content (AvgIpc) is 3.00. The molecule has 0 saturated carbocycles. The van der Waals surface area contributed by atoms with Crippen LogP contribution < -0.4 is 9.47 Å². The van der Waals surface area contributed by atoms with Crippen LogP contribution in [0.2, 0.25) is 0 Å². The molecule has 0 bridgehead atoms. The van der Waals surface area contributed by atoms with Crippen molar-refractivity contribution in [3.05, 3.63) is 23.5 Å². The molecule has 0 unspecified atom stereocenters. The quantitative estimate of drug-likeness (QED) is 0.695. The summed E-state index contributed by atoms with van der Waals surface area (Å²) in [5.41, 5.74) is 0.662. The van der Waals surface area contributed by atoms with Crippen molar-refractivity contribution in [1.82, 2.24) is 0 Å². The van der Waals surface area contributed by atoms with E-state index in [2.05, 4.69) is 0 Å². The molecule has 1 aliphatic rings. The van der Waals surface area contributed by atoms with Crippen LogP contribution in [0.1, 0.15) is 11.7 Å². The third-order valence-electron chi connectivity index (χ3n) is 2.19. The highest BCUT2D eigenvalue weighted by Crippen LogP contribution is 2.43. The van der Waals surface area contributed by atoms with Crippen molar-refractivity contribution in [2.75, 3.05) is 20.8 Å². The minimum absolute atomic E-state index is 0.0874. The predicted octanol–water partition coefficient (Wildman–Crippen LogP) is 1.91. The van der Waals surface area contributed by atoms with E-state index in [0.717, 1.165) is 0 Å². The lowest BCUT2D eigenvalue weighted by atomic mass is 10.1. The molecular weight excluding hydrogens is 187 g/mol. The van der Waals surface area contributed by atoms with Gasteiger partial charge in [-0.05, 0) is 12.1 Å². The topological polar surface area (TPSA) is 31.0 Å². The molecule has 1 aromatic carbocycles. The second-order valence-corrected chi connectivity index (χ2v) is 3.02. The van der Waals surface area contributed by atoms with Crippen LogP contribution in [0.3, 0.4) is 0 Å². The Morgan fingerprint density at radius 2 is 2.07 bits per heavy atom. The molecule has 1 fully saturated rings. The van der Waals surface area contributed by atoms with Gasteiger partial charge in [0.05, 0.1) is 26.4 Å². The molecule has 1 atom stereocenters. The number of epoxide rings is 1. The third kappa shape index (κ3) is 1.42. The van der Waals surface area contributed by atoms with Gasteiger partial charge in [-0.25, -0.2) is 4.39 Å². The highest BCUT2D eigenvalue weighted by Gasteiger charge is 2.33. The SMILES string of the molecule is COc1ccc(F)c(OC)c1[C@H]1CO1. The first-order chi connectivity index (χ1) is 6.77. The second-order valence-electron chi connectivity index (χ2n) is 3.02. The smallest absolute Gasteiger partial charge is 0.165 e. The summed E-state index contributed by atoms with van der Waals surface area (Å²) in [6.45, 7) is 0.593. The lowest BCUT2D eigenvalue weighted by molar-refractivity contribution is 0.345. The van der Waals surface area contributed by atoms with Crippen molar-refractivity contribution in [2.45, 2.75) is 6.10 Å². The van der Waals surface area contributed by atoms with Gasteiger partial charge in [0, 0.05) is 0 Å². The third-order valence-corrected chi connectivity index (χ3v) is 2.19. The standard InChI is InChI=1S/C10H11FO3/c1-12-7-4-3-6(11)10(13-2)9(7)8-5-14-8/h3-4,8H,5H2,1-2H3/t8-/m1/s1. The summed E-state index contributed by atoms with van der Waals surface area (Å²) in [6.07, 6.45) is -0.0874. The molecule has 0 amide bonds. The Bertz CT molecular complexity index is 347. The molecule has 0 spiro atoms. The molecule has 0 aromatic heterocycles. The predicted molar refractivity (Wildman–Crippen MR) is 48.2 cm³/mol. The van der Waals surface area contributed by atoms with E-state index in [4.69, 9.17) is 14.2 Å². The molecule has 4 heteroatoms. The van der Waals surface area contributed by atoms with Crippen LogP contribution in [0.4, 0.5) is 4.39 Å². The monoisotopic (exact) mass is 198 g/mol. The summed E-state index contributed by atoms with van der Waals surface area (Å²) in [4.78, 5) is 0. The van der Waals surface area contributed by atoms with Crippen LogP contribution in [0.25, 0.3) is 0 Å². The van der Waals surface area contributed by atoms with Crippen LogP contribution >= 0.6 is 0 Å². The fourth-order valence-corrected chi connectivity index (χ4v) is 1.46. The number of hydrogen-bond donors (Lipinski definition) is 0. The maximum Gasteiger partial charge on any atom is 0.165 e. The molecule has 76 valence electrons. The molecule has 2 rings (SSSR count). The van der Waals surface area contributed by atoms with Crippen molar-refractivity contribution in [2.24, 2.45) is 0 Å². The summed E-state index contributed by atoms with van der Waals surface area (Å²) in [5, 5.41) is 0. The lowest BCUT2D eigenvalue weighted by Crippen LogP contribution is -1.98. The van der Waals surface area contributed by atoms with Crippen molar-refractivity contribution in [3.8, 4) is 11.5 Å². The maximum absolute atomic E-state index is 13.3. The van der Waals surface area contributed by atoms with Gasteiger partial charge in [0.1, 0.15) is 11.9 Å². The number of halogens is 1. The van der Waals surface area contributed by atoms with Gasteiger partial charge in [0.25, 0.3) is 0 Å². The Hall–Kier alpha value is -1.29. The highest BCUT2D eigenvalue weighted by atomic mass is 19.1. The number of rotatable bonds is 3. The first-order valence-corrected chi connectivity index (χ1v) is 4.30. The fourth-order valence-electron chi connectivity index (χ4n) is 1.46. The van der Waals surface area contributed by atoms with Crippen molar-refractivity contribution < 1.29 is 18.6 Å². The van der Waals surface area contributed by atoms with Gasteiger partial charge in [-0.15, -0.1) is 0 Å². The molecule has 3 nitrogen and oxygen atoms in total. The maximum atomic E-state index is 13.3. The Morgan fingerprint density at radius 3 is 2.57 bits per heavy atom. The lowest BCUT2D eigenvalue weighted by Gasteiger charge is -2.11. The Balaban J connectivity index is 2.52. The van der Waals surface area contributed by atoms with E-state index in [1.165, 1.54) is 13.2 Å². The second kappa shape index (κ2) is 3.46. The summed E-state index contributed by atoms with van der Waals surface area (Å²) in [7, 11) is 2.97. The van der Waals surface area contributed by atoms with Crippen LogP contribution in [-0.4, -0.2) is 20.8 Å². The normalized spacial score (nSPS) is 19.2. The zero-order valence-corrected chi connectivity index (χ0v) is 8.04. The van der Waals surface area contributed by atoms with Crippen molar-refractivity contribution >= 4 is 0 Å². The van der Waals surface area contributed by atoms with Gasteiger partial charge in [0.2, 0.25) is 0 Å². The Labute approximate surface area is 81.4 Å². The Kier molecular flexibility index (Phi) is 2.29. The van der Waals surface area contributed by atoms with E-state index < -0.39 is 0 Å². The molecule has 1 aliphatic heterocycles. The molecule has 1 aromatic rings. The number of benzene rings is 1. The van der Waals surface area contributed by atoms with E-state index in [1.54, 1.807) is 13.2 Å². The summed E-state index contributed by atoms with van der Waals surface area (Å²) < 4.78 is 28.5. The molecule has 0 aliphatic carbocycles. The zero-order valence-electron chi connectivity index (χ0n) is 8.04. The highest BCUT2D eigenvalue weighted by molar-refractivity contribution is 5.48. The van der Waals surface area contributed by atoms with Crippen LogP contribution in [0, 0.1) is 5.82 Å². The molecule has 0 N–H and O–H groups in total. The van der Waals surface area contributed by atoms with E-state index in [1.807, 2.05) is 0 Å². The first kappa shape index (κ1) is 9.27. The van der Waals surface area contributed by atoms with Crippen LogP contribution in [-0.2, 0) is 4.74 Å². The number of hydrogen-bond acceptors (Lipinski definition) is 3. The first-order valence-electron chi connectivity index (χ1n) is 4.30. The van der Waals surface area contributed by atoms with E-state index in [9.17, 15) is 4.39 Å². The average molecular weight is 198 g/mol. The van der Waals surface area contributed by atoms with Gasteiger partial charge in [-0.2, -0.15) is 0 Å². The van der Waals surface area contributed by atoms with Gasteiger partial charge in [-0.3, -0.25) is 0 Å². The van der Waals surface area contributed by atoms with Crippen LogP contribution in [0.15, 0.2) is 12.1 Å². The molecule has 0 radical (unpaired) electrons. The number of ether oxygens (including phenoxy) is 3. The largest absolute Gasteiger partial charge is 0.496 e. The summed E-state index contributed by atoms with van der Waals surface area (Å²) in [5.74, 6) is 0.427. The van der Waals surface area contributed by atoms with Gasteiger partial charge < -0.3 is 14.2 Å². The Morgan fingerprint density at radius 1 is 1.36 bits per heavy atom. The van der Waals surface area contributed by atoms with Gasteiger partial charge in [-0.1, -0.05) is 0 Å².